The minimum atomic E-state index is -1.09. The molecule has 0 saturated heterocycles. The molecule has 0 bridgehead atoms. The third kappa shape index (κ3) is 4.96. The van der Waals surface area contributed by atoms with Crippen LogP contribution in [-0.2, 0) is 0 Å². The smallest absolute Gasteiger partial charge is 0.184 e. The van der Waals surface area contributed by atoms with Crippen molar-refractivity contribution in [3.8, 4) is 12.1 Å². The van der Waals surface area contributed by atoms with Crippen molar-refractivity contribution < 1.29 is 9.59 Å². The van der Waals surface area contributed by atoms with Crippen LogP contribution >= 0.6 is 46.4 Å². The Morgan fingerprint density at radius 1 is 0.594 bits per heavy atom. The van der Waals surface area contributed by atoms with E-state index in [1.165, 1.54) is 48.5 Å². The van der Waals surface area contributed by atoms with Gasteiger partial charge in [0.2, 0.25) is 0 Å². The maximum atomic E-state index is 12.9. The van der Waals surface area contributed by atoms with Gasteiger partial charge in [-0.05, 0) is 35.4 Å². The molecule has 3 aromatic carbocycles. The summed E-state index contributed by atoms with van der Waals surface area (Å²) in [7, 11) is 0. The summed E-state index contributed by atoms with van der Waals surface area (Å²) < 4.78 is 0. The molecule has 0 fully saturated rings. The molecule has 0 amide bonds. The van der Waals surface area contributed by atoms with Crippen LogP contribution in [0.4, 0.5) is 0 Å². The number of hydrogen-bond donors (Lipinski definition) is 0. The molecule has 8 heteroatoms. The molecule has 0 aliphatic carbocycles. The molecule has 0 aliphatic heterocycles. The maximum Gasteiger partial charge on any atom is 0.184 e. The summed E-state index contributed by atoms with van der Waals surface area (Å²) in [5.74, 6) is -3.08. The highest BCUT2D eigenvalue weighted by molar-refractivity contribution is 6.42. The predicted octanol–water partition coefficient (Wildman–Crippen LogP) is 7.28. The van der Waals surface area contributed by atoms with E-state index in [-0.39, 0.29) is 21.2 Å². The summed E-state index contributed by atoms with van der Waals surface area (Å²) in [6.45, 7) is 0. The Morgan fingerprint density at radius 2 is 0.938 bits per heavy atom. The summed E-state index contributed by atoms with van der Waals surface area (Å²) in [4.78, 5) is 25.7. The molecule has 32 heavy (non-hydrogen) atoms. The molecule has 0 spiro atoms. The van der Waals surface area contributed by atoms with E-state index >= 15 is 0 Å². The minimum Gasteiger partial charge on any atom is -0.292 e. The number of rotatable bonds is 6. The molecule has 0 N–H and O–H groups in total. The van der Waals surface area contributed by atoms with E-state index in [0.29, 0.717) is 21.2 Å². The van der Waals surface area contributed by atoms with Crippen LogP contribution < -0.4 is 0 Å². The number of carbonyl (C=O) groups is 2. The van der Waals surface area contributed by atoms with Crippen LogP contribution in [0, 0.1) is 22.7 Å². The van der Waals surface area contributed by atoms with Crippen LogP contribution in [-0.4, -0.2) is 11.6 Å². The Hall–Kier alpha value is -2.86. The first-order valence-corrected chi connectivity index (χ1v) is 10.7. The molecule has 3 aromatic rings. The van der Waals surface area contributed by atoms with Crippen LogP contribution in [0.3, 0.4) is 0 Å². The third-order valence-electron chi connectivity index (χ3n) is 4.79. The van der Waals surface area contributed by atoms with Crippen LogP contribution in [0.1, 0.15) is 43.7 Å². The molecular formula is C24H12Cl4N2O2. The van der Waals surface area contributed by atoms with Gasteiger partial charge in [-0.15, -0.1) is 0 Å². The lowest BCUT2D eigenvalue weighted by atomic mass is 9.89. The number of Topliss-reactive ketones (excluding diaryl/α,β-unsaturated/α-hetero) is 2. The summed E-state index contributed by atoms with van der Waals surface area (Å²) in [5.41, 5.74) is 1.30. The van der Waals surface area contributed by atoms with Crippen molar-refractivity contribution in [2.45, 2.75) is 11.8 Å². The molecule has 0 saturated carbocycles. The first kappa shape index (κ1) is 23.8. The van der Waals surface area contributed by atoms with E-state index < -0.39 is 23.4 Å². The zero-order valence-corrected chi connectivity index (χ0v) is 19.2. The zero-order valence-electron chi connectivity index (χ0n) is 16.2. The Balaban J connectivity index is 1.85. The molecule has 2 atom stereocenters. The van der Waals surface area contributed by atoms with Gasteiger partial charge in [-0.25, -0.2) is 0 Å². The van der Waals surface area contributed by atoms with Gasteiger partial charge in [-0.3, -0.25) is 9.59 Å². The summed E-state index contributed by atoms with van der Waals surface area (Å²) in [6, 6.07) is 18.8. The summed E-state index contributed by atoms with van der Waals surface area (Å²) in [5, 5.41) is 20.2. The van der Waals surface area contributed by atoms with Crippen molar-refractivity contribution in [1.29, 1.82) is 10.5 Å². The van der Waals surface area contributed by atoms with E-state index in [4.69, 9.17) is 46.4 Å². The van der Waals surface area contributed by atoms with Gasteiger partial charge in [-0.1, -0.05) is 82.8 Å². The lowest BCUT2D eigenvalue weighted by Crippen LogP contribution is -2.13. The summed E-state index contributed by atoms with van der Waals surface area (Å²) in [6.07, 6.45) is 0. The minimum absolute atomic E-state index is 0.238. The molecular weight excluding hydrogens is 490 g/mol. The van der Waals surface area contributed by atoms with Gasteiger partial charge in [0.1, 0.15) is 11.8 Å². The lowest BCUT2D eigenvalue weighted by molar-refractivity contribution is 0.0967. The second kappa shape index (κ2) is 10.2. The van der Waals surface area contributed by atoms with Crippen molar-refractivity contribution in [2.75, 3.05) is 0 Å². The number of carbonyl (C=O) groups excluding carboxylic acids is 2. The van der Waals surface area contributed by atoms with E-state index in [2.05, 4.69) is 0 Å². The Kier molecular flexibility index (Phi) is 7.56. The second-order valence-electron chi connectivity index (χ2n) is 6.78. The van der Waals surface area contributed by atoms with Gasteiger partial charge in [0.25, 0.3) is 0 Å². The highest BCUT2D eigenvalue weighted by atomic mass is 35.5. The lowest BCUT2D eigenvalue weighted by Gasteiger charge is -2.12. The van der Waals surface area contributed by atoms with E-state index in [1.54, 1.807) is 12.1 Å². The van der Waals surface area contributed by atoms with Gasteiger partial charge in [0.15, 0.2) is 11.6 Å². The second-order valence-corrected chi connectivity index (χ2v) is 8.41. The molecule has 0 aromatic heterocycles. The van der Waals surface area contributed by atoms with Gasteiger partial charge in [0, 0.05) is 11.1 Å². The first-order valence-electron chi connectivity index (χ1n) is 9.14. The molecule has 0 heterocycles. The highest BCUT2D eigenvalue weighted by Gasteiger charge is 2.25. The van der Waals surface area contributed by atoms with Crippen LogP contribution in [0.2, 0.25) is 20.1 Å². The quantitative estimate of drug-likeness (QED) is 0.332. The van der Waals surface area contributed by atoms with Gasteiger partial charge >= 0.3 is 0 Å². The summed E-state index contributed by atoms with van der Waals surface area (Å²) >= 11 is 23.8. The number of nitrogens with zero attached hydrogens (tertiary/aromatic N) is 2. The number of benzene rings is 3. The fourth-order valence-electron chi connectivity index (χ4n) is 3.09. The maximum absolute atomic E-state index is 12.9. The van der Waals surface area contributed by atoms with Crippen molar-refractivity contribution in [3.63, 3.8) is 0 Å². The van der Waals surface area contributed by atoms with Crippen LogP contribution in [0.25, 0.3) is 0 Å². The number of ketones is 2. The van der Waals surface area contributed by atoms with Crippen molar-refractivity contribution in [3.05, 3.63) is 103 Å². The van der Waals surface area contributed by atoms with Gasteiger partial charge in [0.05, 0.1) is 32.2 Å². The van der Waals surface area contributed by atoms with Crippen molar-refractivity contribution >= 4 is 58.0 Å². The Labute approximate surface area is 204 Å². The standard InChI is InChI=1S/C24H12Cl4N2O2/c25-19-7-5-15(9-21(19)27)17(11-29)23(31)13-1-2-14(4-3-13)24(32)18(12-30)16-6-8-20(26)22(28)10-16/h1-10,17-18H. The highest BCUT2D eigenvalue weighted by Crippen LogP contribution is 2.30. The van der Waals surface area contributed by atoms with Crippen LogP contribution in [0.5, 0.6) is 0 Å². The number of hydrogen-bond acceptors (Lipinski definition) is 4. The normalized spacial score (nSPS) is 12.3. The van der Waals surface area contributed by atoms with E-state index in [9.17, 15) is 20.1 Å². The SMILES string of the molecule is N#CC(C(=O)c1ccc(C(=O)C(C#N)c2ccc(Cl)c(Cl)c2)cc1)c1ccc(Cl)c(Cl)c1. The number of halogens is 4. The van der Waals surface area contributed by atoms with Crippen LogP contribution in [0.15, 0.2) is 60.7 Å². The molecule has 0 aliphatic rings. The molecule has 158 valence electrons. The largest absolute Gasteiger partial charge is 0.292 e. The predicted molar refractivity (Wildman–Crippen MR) is 125 cm³/mol. The van der Waals surface area contributed by atoms with Crippen molar-refractivity contribution in [2.24, 2.45) is 0 Å². The molecule has 2 unspecified atom stereocenters. The average molecular weight is 502 g/mol. The molecule has 4 nitrogen and oxygen atoms in total. The Morgan fingerprint density at radius 3 is 1.22 bits per heavy atom. The average Bonchev–Trinajstić information content (AvgIpc) is 2.79. The molecule has 0 radical (unpaired) electrons. The third-order valence-corrected chi connectivity index (χ3v) is 6.27. The molecule has 3 rings (SSSR count). The Bertz CT molecular complexity index is 1190. The van der Waals surface area contributed by atoms with Crippen molar-refractivity contribution in [1.82, 2.24) is 0 Å². The van der Waals surface area contributed by atoms with Gasteiger partial charge in [-0.2, -0.15) is 10.5 Å². The zero-order chi connectivity index (χ0) is 23.4. The fourth-order valence-corrected chi connectivity index (χ4v) is 3.70. The van der Waals surface area contributed by atoms with Gasteiger partial charge < -0.3 is 0 Å². The topological polar surface area (TPSA) is 81.7 Å². The van der Waals surface area contributed by atoms with E-state index in [1.807, 2.05) is 12.1 Å². The van der Waals surface area contributed by atoms with E-state index in [0.717, 1.165) is 0 Å². The first-order chi connectivity index (χ1) is 15.3. The number of nitriles is 2. The monoisotopic (exact) mass is 500 g/mol. The fraction of sp³-hybridized carbons (Fsp3) is 0.0833.